The van der Waals surface area contributed by atoms with Gasteiger partial charge in [-0.1, -0.05) is 18.5 Å². The fourth-order valence-electron chi connectivity index (χ4n) is 1.05. The van der Waals surface area contributed by atoms with Gasteiger partial charge >= 0.3 is 5.69 Å². The topological polar surface area (TPSA) is 45.2 Å². The van der Waals surface area contributed by atoms with Crippen molar-refractivity contribution >= 4 is 39.0 Å². The van der Waals surface area contributed by atoms with Crippen molar-refractivity contribution in [3.8, 4) is 0 Å². The second-order valence-electron chi connectivity index (χ2n) is 2.63. The first-order valence-corrected chi connectivity index (χ1v) is 5.15. The molecule has 0 amide bonds. The first-order valence-electron chi connectivity index (χ1n) is 3.98. The van der Waals surface area contributed by atoms with E-state index < -0.39 is 0 Å². The Morgan fingerprint density at radius 1 is 1.64 bits per heavy atom. The van der Waals surface area contributed by atoms with Gasteiger partial charge in [-0.05, 0) is 28.1 Å². The number of nitrogens with zero attached hydrogens (tertiary/aromatic N) is 2. The van der Waals surface area contributed by atoms with E-state index >= 15 is 0 Å². The minimum absolute atomic E-state index is 0.0878. The zero-order valence-electron chi connectivity index (χ0n) is 7.42. The van der Waals surface area contributed by atoms with Crippen LogP contribution in [-0.2, 0) is 0 Å². The van der Waals surface area contributed by atoms with Crippen LogP contribution in [0.4, 0.5) is 5.69 Å². The molecule has 0 aromatic heterocycles. The van der Waals surface area contributed by atoms with Gasteiger partial charge in [-0.15, -0.1) is 0 Å². The number of Topliss-reactive ketones (excluding diaryl/α,β-unsaturated/α-hetero) is 1. The van der Waals surface area contributed by atoms with Crippen molar-refractivity contribution < 1.29 is 4.79 Å². The monoisotopic (exact) mass is 273 g/mol. The lowest BCUT2D eigenvalue weighted by Crippen LogP contribution is -1.96. The molecule has 14 heavy (non-hydrogen) atoms. The summed E-state index contributed by atoms with van der Waals surface area (Å²) < 4.78 is 0.431. The smallest absolute Gasteiger partial charge is 0.294 e. The van der Waals surface area contributed by atoms with E-state index in [-0.39, 0.29) is 11.5 Å². The highest BCUT2D eigenvalue weighted by atomic mass is 79.9. The summed E-state index contributed by atoms with van der Waals surface area (Å²) in [5.41, 5.74) is 0.552. The van der Waals surface area contributed by atoms with Gasteiger partial charge in [0, 0.05) is 6.42 Å². The Morgan fingerprint density at radius 2 is 2.29 bits per heavy atom. The van der Waals surface area contributed by atoms with Gasteiger partial charge in [0.1, 0.15) is 10.0 Å². The van der Waals surface area contributed by atoms with Crippen LogP contribution in [0, 0.1) is 5.39 Å². The molecule has 1 aromatic carbocycles. The molecule has 0 saturated heterocycles. The molecule has 0 atom stereocenters. The van der Waals surface area contributed by atoms with Gasteiger partial charge in [-0.25, -0.2) is 0 Å². The second-order valence-corrected chi connectivity index (χ2v) is 3.83. The lowest BCUT2D eigenvalue weighted by Gasteiger charge is -1.96. The molecule has 0 aliphatic heterocycles. The van der Waals surface area contributed by atoms with Gasteiger partial charge in [-0.3, -0.25) is 4.79 Å². The molecule has 0 fully saturated rings. The predicted octanol–water partition coefficient (Wildman–Crippen LogP) is 4.18. The van der Waals surface area contributed by atoms with Crippen LogP contribution >= 0.6 is 27.5 Å². The molecule has 3 nitrogen and oxygen atoms in total. The van der Waals surface area contributed by atoms with E-state index in [0.717, 1.165) is 0 Å². The quantitative estimate of drug-likeness (QED) is 0.600. The minimum Gasteiger partial charge on any atom is -0.294 e. The van der Waals surface area contributed by atoms with E-state index in [1.807, 2.05) is 0 Å². The number of carbonyl (C=O) groups is 1. The number of rotatable bonds is 2. The molecule has 0 heterocycles. The van der Waals surface area contributed by atoms with Gasteiger partial charge < -0.3 is 0 Å². The summed E-state index contributed by atoms with van der Waals surface area (Å²) in [7, 11) is 0. The van der Waals surface area contributed by atoms with Crippen LogP contribution in [0.1, 0.15) is 23.7 Å². The number of ketones is 1. The number of diazo groups is 1. The molecule has 1 rings (SSSR count). The maximum atomic E-state index is 11.4. The number of hydrogen-bond donors (Lipinski definition) is 0. The van der Waals surface area contributed by atoms with Crippen LogP contribution in [0.15, 0.2) is 16.6 Å². The van der Waals surface area contributed by atoms with E-state index in [4.69, 9.17) is 17.0 Å². The van der Waals surface area contributed by atoms with Crippen molar-refractivity contribution in [2.75, 3.05) is 0 Å². The molecule has 5 heteroatoms. The van der Waals surface area contributed by atoms with Gasteiger partial charge in [-0.2, -0.15) is 0 Å². The summed E-state index contributed by atoms with van der Waals surface area (Å²) in [6.07, 6.45) is 0.358. The molecule has 0 N–H and O–H groups in total. The molecule has 0 aliphatic carbocycles. The Hall–Kier alpha value is -0.920. The molecule has 0 saturated carbocycles. The largest absolute Gasteiger partial charge is 0.411 e. The second kappa shape index (κ2) is 4.54. The third-order valence-corrected chi connectivity index (χ3v) is 3.14. The standard InChI is InChI=1S/C9H7BrClN2O/c1-2-7(14)5-3-4-6(11)8(10)9(5)13-12/h3-4H,2H2,1H3/q+1. The number of halogens is 2. The average Bonchev–Trinajstić information content (AvgIpc) is 2.20. The van der Waals surface area contributed by atoms with Crippen LogP contribution in [0.3, 0.4) is 0 Å². The van der Waals surface area contributed by atoms with Crippen molar-refractivity contribution in [2.45, 2.75) is 13.3 Å². The van der Waals surface area contributed by atoms with Gasteiger partial charge in [0.25, 0.3) is 0 Å². The first kappa shape index (κ1) is 11.2. The van der Waals surface area contributed by atoms with Gasteiger partial charge in [0.15, 0.2) is 10.8 Å². The molecular weight excluding hydrogens is 267 g/mol. The lowest BCUT2D eigenvalue weighted by atomic mass is 10.1. The number of hydrogen-bond acceptors (Lipinski definition) is 2. The van der Waals surface area contributed by atoms with E-state index in [1.54, 1.807) is 19.1 Å². The molecule has 0 radical (unpaired) electrons. The van der Waals surface area contributed by atoms with Crippen molar-refractivity contribution in [1.82, 2.24) is 0 Å². The fourth-order valence-corrected chi connectivity index (χ4v) is 1.63. The molecule has 0 bridgehead atoms. The summed E-state index contributed by atoms with van der Waals surface area (Å²) in [6.45, 7) is 1.74. The minimum atomic E-state index is -0.0878. The molecule has 0 aliphatic rings. The van der Waals surface area contributed by atoms with Crippen molar-refractivity contribution in [3.05, 3.63) is 32.2 Å². The van der Waals surface area contributed by atoms with Gasteiger partial charge in [0.05, 0.1) is 5.02 Å². The van der Waals surface area contributed by atoms with E-state index in [9.17, 15) is 4.79 Å². The van der Waals surface area contributed by atoms with Crippen molar-refractivity contribution in [2.24, 2.45) is 0 Å². The lowest BCUT2D eigenvalue weighted by molar-refractivity contribution is 0.0989. The normalized spacial score (nSPS) is 9.57. The van der Waals surface area contributed by atoms with Crippen LogP contribution in [0.5, 0.6) is 0 Å². The highest BCUT2D eigenvalue weighted by Crippen LogP contribution is 2.36. The Labute approximate surface area is 94.8 Å². The maximum absolute atomic E-state index is 11.4. The zero-order chi connectivity index (χ0) is 10.7. The predicted molar refractivity (Wildman–Crippen MR) is 58.5 cm³/mol. The molecule has 1 aromatic rings. The summed E-state index contributed by atoms with van der Waals surface area (Å²) in [5.74, 6) is -0.0878. The Balaban J connectivity index is 3.40. The van der Waals surface area contributed by atoms with Crippen LogP contribution in [0.2, 0.25) is 5.02 Å². The molecule has 0 spiro atoms. The maximum Gasteiger partial charge on any atom is 0.411 e. The van der Waals surface area contributed by atoms with E-state index in [2.05, 4.69) is 20.9 Å². The summed E-state index contributed by atoms with van der Waals surface area (Å²) >= 11 is 8.93. The summed E-state index contributed by atoms with van der Waals surface area (Å²) in [4.78, 5) is 14.5. The van der Waals surface area contributed by atoms with Gasteiger partial charge in [0.2, 0.25) is 5.39 Å². The van der Waals surface area contributed by atoms with E-state index in [1.165, 1.54) is 0 Å². The Kier molecular flexibility index (Phi) is 3.62. The highest BCUT2D eigenvalue weighted by Gasteiger charge is 2.24. The van der Waals surface area contributed by atoms with Crippen molar-refractivity contribution in [3.63, 3.8) is 0 Å². The summed E-state index contributed by atoms with van der Waals surface area (Å²) in [6, 6.07) is 3.14. The Bertz CT molecular complexity index is 426. The number of benzene rings is 1. The van der Waals surface area contributed by atoms with E-state index in [0.29, 0.717) is 21.5 Å². The average molecular weight is 275 g/mol. The molecular formula is C9H7BrClN2O+. The van der Waals surface area contributed by atoms with Crippen molar-refractivity contribution in [1.29, 1.82) is 5.39 Å². The Morgan fingerprint density at radius 3 is 2.79 bits per heavy atom. The molecule has 0 unspecified atom stereocenters. The first-order chi connectivity index (χ1) is 6.61. The third kappa shape index (κ3) is 1.94. The number of carbonyl (C=O) groups excluding carboxylic acids is 1. The third-order valence-electron chi connectivity index (χ3n) is 1.79. The molecule has 72 valence electrons. The SMILES string of the molecule is CCC(=O)c1ccc(Cl)c(Br)c1[N+]#N. The van der Waals surface area contributed by atoms with Crippen LogP contribution in [-0.4, -0.2) is 5.78 Å². The summed E-state index contributed by atoms with van der Waals surface area (Å²) in [5, 5.41) is 9.16. The van der Waals surface area contributed by atoms with Crippen LogP contribution in [0.25, 0.3) is 4.98 Å². The fraction of sp³-hybridized carbons (Fsp3) is 0.222. The van der Waals surface area contributed by atoms with Crippen LogP contribution < -0.4 is 0 Å². The zero-order valence-corrected chi connectivity index (χ0v) is 9.76. The highest BCUT2D eigenvalue weighted by molar-refractivity contribution is 9.10.